The van der Waals surface area contributed by atoms with Crippen LogP contribution in [0.15, 0.2) is 54.1 Å². The van der Waals surface area contributed by atoms with Crippen molar-refractivity contribution in [1.29, 1.82) is 0 Å². The number of likely N-dealkylation sites (tertiary alicyclic amines) is 1. The van der Waals surface area contributed by atoms with Crippen molar-refractivity contribution in [3.63, 3.8) is 0 Å². The van der Waals surface area contributed by atoms with Crippen LogP contribution < -0.4 is 10.6 Å². The Morgan fingerprint density at radius 2 is 1.39 bits per heavy atom. The third-order valence-corrected chi connectivity index (χ3v) is 6.20. The minimum Gasteiger partial charge on any atom is -0.444 e. The zero-order chi connectivity index (χ0) is 25.7. The minimum atomic E-state index is -0.669. The normalized spacial score (nSPS) is 14.9. The quantitative estimate of drug-likeness (QED) is 0.576. The van der Waals surface area contributed by atoms with E-state index in [1.807, 2.05) is 0 Å². The molecule has 0 spiro atoms. The molecule has 3 amide bonds. The first kappa shape index (κ1) is 25.2. The Balaban J connectivity index is 1.37. The molecule has 0 saturated carbocycles. The van der Waals surface area contributed by atoms with Crippen molar-refractivity contribution in [2.24, 2.45) is 0 Å². The number of carbonyl (C=O) groups is 3. The smallest absolute Gasteiger partial charge is 0.408 e. The van der Waals surface area contributed by atoms with Gasteiger partial charge in [-0.25, -0.2) is 4.79 Å². The molecule has 188 valence electrons. The summed E-state index contributed by atoms with van der Waals surface area (Å²) >= 11 is 0. The predicted octanol–water partition coefficient (Wildman–Crippen LogP) is 4.24. The Kier molecular flexibility index (Phi) is 7.58. The SMILES string of the molecule is CC(C)(C)OC(=O)NCC(=O)NCC(=O)N1CCC(=C2c3ccccc3C=Cc3ccccc32)CC1. The fraction of sp³-hybridized carbons (Fsp3) is 0.345. The lowest BCUT2D eigenvalue weighted by atomic mass is 9.86. The zero-order valence-corrected chi connectivity index (χ0v) is 21.1. The van der Waals surface area contributed by atoms with Crippen LogP contribution >= 0.6 is 0 Å². The molecule has 0 unspecified atom stereocenters. The highest BCUT2D eigenvalue weighted by atomic mass is 16.6. The number of fused-ring (bicyclic) bond motifs is 2. The van der Waals surface area contributed by atoms with Gasteiger partial charge in [-0.2, -0.15) is 0 Å². The summed E-state index contributed by atoms with van der Waals surface area (Å²) in [6.07, 6.45) is 5.22. The van der Waals surface area contributed by atoms with Crippen LogP contribution in [0.3, 0.4) is 0 Å². The van der Waals surface area contributed by atoms with E-state index in [0.717, 1.165) is 12.8 Å². The van der Waals surface area contributed by atoms with Crippen LogP contribution in [-0.2, 0) is 14.3 Å². The number of hydrogen-bond donors (Lipinski definition) is 2. The number of nitrogens with one attached hydrogen (secondary N) is 2. The fourth-order valence-corrected chi connectivity index (χ4v) is 4.54. The number of ether oxygens (including phenoxy) is 1. The van der Waals surface area contributed by atoms with Crippen LogP contribution in [0.4, 0.5) is 4.79 Å². The largest absolute Gasteiger partial charge is 0.444 e. The lowest BCUT2D eigenvalue weighted by Crippen LogP contribution is -2.45. The van der Waals surface area contributed by atoms with Gasteiger partial charge in [0.1, 0.15) is 12.1 Å². The summed E-state index contributed by atoms with van der Waals surface area (Å²) < 4.78 is 5.11. The average molecular weight is 488 g/mol. The predicted molar refractivity (Wildman–Crippen MR) is 141 cm³/mol. The average Bonchev–Trinajstić information content (AvgIpc) is 3.02. The van der Waals surface area contributed by atoms with Crippen LogP contribution in [0.5, 0.6) is 0 Å². The summed E-state index contributed by atoms with van der Waals surface area (Å²) in [6.45, 7) is 6.09. The topological polar surface area (TPSA) is 87.7 Å². The van der Waals surface area contributed by atoms with E-state index in [-0.39, 0.29) is 19.0 Å². The summed E-state index contributed by atoms with van der Waals surface area (Å²) in [5.41, 5.74) is 6.79. The molecule has 1 fully saturated rings. The maximum Gasteiger partial charge on any atom is 0.408 e. The third-order valence-electron chi connectivity index (χ3n) is 6.20. The maximum atomic E-state index is 12.7. The second kappa shape index (κ2) is 10.8. The van der Waals surface area contributed by atoms with Crippen molar-refractivity contribution in [1.82, 2.24) is 15.5 Å². The summed E-state index contributed by atoms with van der Waals surface area (Å²) in [5, 5.41) is 4.98. The molecule has 2 aromatic rings. The van der Waals surface area contributed by atoms with Crippen molar-refractivity contribution in [3.8, 4) is 0 Å². The van der Waals surface area contributed by atoms with Crippen LogP contribution in [-0.4, -0.2) is 54.6 Å². The van der Waals surface area contributed by atoms with Gasteiger partial charge in [0.2, 0.25) is 11.8 Å². The van der Waals surface area contributed by atoms with Gasteiger partial charge in [-0.15, -0.1) is 0 Å². The van der Waals surface area contributed by atoms with E-state index in [4.69, 9.17) is 4.74 Å². The van der Waals surface area contributed by atoms with Crippen molar-refractivity contribution >= 4 is 35.6 Å². The second-order valence-electron chi connectivity index (χ2n) is 10.00. The molecule has 0 aromatic heterocycles. The fourth-order valence-electron chi connectivity index (χ4n) is 4.54. The molecule has 4 rings (SSSR count). The Morgan fingerprint density at radius 3 is 1.94 bits per heavy atom. The number of piperidine rings is 1. The molecule has 7 nitrogen and oxygen atoms in total. The molecule has 1 aliphatic carbocycles. The minimum absolute atomic E-state index is 0.101. The Labute approximate surface area is 212 Å². The molecular formula is C29H33N3O4. The molecule has 7 heteroatoms. The molecule has 2 aliphatic rings. The molecule has 2 N–H and O–H groups in total. The summed E-state index contributed by atoms with van der Waals surface area (Å²) in [7, 11) is 0. The number of rotatable bonds is 4. The highest BCUT2D eigenvalue weighted by molar-refractivity contribution is 5.95. The van der Waals surface area contributed by atoms with Crippen LogP contribution in [0.1, 0.15) is 55.9 Å². The molecule has 1 aliphatic heterocycles. The van der Waals surface area contributed by atoms with Crippen molar-refractivity contribution in [3.05, 3.63) is 76.4 Å². The second-order valence-corrected chi connectivity index (χ2v) is 10.00. The first-order valence-corrected chi connectivity index (χ1v) is 12.3. The van der Waals surface area contributed by atoms with E-state index in [2.05, 4.69) is 71.3 Å². The summed E-state index contributed by atoms with van der Waals surface area (Å²) in [6, 6.07) is 16.9. The highest BCUT2D eigenvalue weighted by Crippen LogP contribution is 2.38. The molecule has 0 radical (unpaired) electrons. The number of amides is 3. The van der Waals surface area contributed by atoms with Crippen molar-refractivity contribution in [2.75, 3.05) is 26.2 Å². The van der Waals surface area contributed by atoms with E-state index >= 15 is 0 Å². The number of nitrogens with zero attached hydrogens (tertiary/aromatic N) is 1. The van der Waals surface area contributed by atoms with Gasteiger partial charge in [-0.05, 0) is 61.4 Å². The molecule has 0 bridgehead atoms. The molecule has 36 heavy (non-hydrogen) atoms. The lowest BCUT2D eigenvalue weighted by Gasteiger charge is -2.30. The third kappa shape index (κ3) is 6.22. The van der Waals surface area contributed by atoms with Gasteiger partial charge in [0, 0.05) is 13.1 Å². The van der Waals surface area contributed by atoms with E-state index in [1.54, 1.807) is 25.7 Å². The maximum absolute atomic E-state index is 12.7. The Morgan fingerprint density at radius 1 is 0.833 bits per heavy atom. The van der Waals surface area contributed by atoms with Crippen molar-refractivity contribution < 1.29 is 19.1 Å². The standard InChI is InChI=1S/C29H33N3O4/c1-29(2,3)36-28(35)31-18-25(33)30-19-26(34)32-16-14-22(15-17-32)27-23-10-6-4-8-20(23)12-13-21-9-5-7-11-24(21)27/h4-13H,14-19H2,1-3H3,(H,30,33)(H,31,35). The van der Waals surface area contributed by atoms with Crippen LogP contribution in [0.2, 0.25) is 0 Å². The number of alkyl carbamates (subject to hydrolysis) is 1. The van der Waals surface area contributed by atoms with E-state index in [1.165, 1.54) is 33.4 Å². The Bertz CT molecular complexity index is 1160. The summed E-state index contributed by atoms with van der Waals surface area (Å²) in [4.78, 5) is 38.3. The monoisotopic (exact) mass is 487 g/mol. The first-order valence-electron chi connectivity index (χ1n) is 12.3. The summed E-state index contributed by atoms with van der Waals surface area (Å²) in [5.74, 6) is -0.568. The highest BCUT2D eigenvalue weighted by Gasteiger charge is 2.25. The van der Waals surface area contributed by atoms with E-state index in [0.29, 0.717) is 13.1 Å². The van der Waals surface area contributed by atoms with Gasteiger partial charge in [-0.1, -0.05) is 66.3 Å². The van der Waals surface area contributed by atoms with Crippen LogP contribution in [0, 0.1) is 0 Å². The number of benzene rings is 2. The molecule has 1 saturated heterocycles. The Hall–Kier alpha value is -3.87. The van der Waals surface area contributed by atoms with Crippen LogP contribution in [0.25, 0.3) is 17.7 Å². The van der Waals surface area contributed by atoms with Gasteiger partial charge in [0.05, 0.1) is 6.54 Å². The van der Waals surface area contributed by atoms with Gasteiger partial charge >= 0.3 is 6.09 Å². The van der Waals surface area contributed by atoms with Gasteiger partial charge in [0.15, 0.2) is 0 Å². The molecule has 0 atom stereocenters. The zero-order valence-electron chi connectivity index (χ0n) is 21.1. The number of hydrogen-bond acceptors (Lipinski definition) is 4. The molecular weight excluding hydrogens is 454 g/mol. The molecule has 2 aromatic carbocycles. The van der Waals surface area contributed by atoms with E-state index in [9.17, 15) is 14.4 Å². The van der Waals surface area contributed by atoms with E-state index < -0.39 is 17.6 Å². The lowest BCUT2D eigenvalue weighted by molar-refractivity contribution is -0.133. The molecule has 1 heterocycles. The van der Waals surface area contributed by atoms with Gasteiger partial charge < -0.3 is 20.3 Å². The van der Waals surface area contributed by atoms with Crippen molar-refractivity contribution in [2.45, 2.75) is 39.2 Å². The number of carbonyl (C=O) groups excluding carboxylic acids is 3. The van der Waals surface area contributed by atoms with Gasteiger partial charge in [-0.3, -0.25) is 9.59 Å². The first-order chi connectivity index (χ1) is 17.2. The van der Waals surface area contributed by atoms with Gasteiger partial charge in [0.25, 0.3) is 0 Å².